The molecule has 1 aromatic carbocycles. The summed E-state index contributed by atoms with van der Waals surface area (Å²) >= 11 is 0. The minimum Gasteiger partial charge on any atom is -0.480 e. The summed E-state index contributed by atoms with van der Waals surface area (Å²) in [6.45, 7) is 0.820. The summed E-state index contributed by atoms with van der Waals surface area (Å²) in [4.78, 5) is 34.3. The van der Waals surface area contributed by atoms with Gasteiger partial charge in [-0.15, -0.1) is 0 Å². The normalized spacial score (nSPS) is 13.8. The number of carboxylic acids is 1. The maximum atomic E-state index is 12.1. The lowest BCUT2D eigenvalue weighted by atomic mass is 10.1. The van der Waals surface area contributed by atoms with Crippen molar-refractivity contribution in [1.82, 2.24) is 5.32 Å². The molecule has 0 unspecified atom stereocenters. The van der Waals surface area contributed by atoms with Crippen molar-refractivity contribution in [2.24, 2.45) is 0 Å². The molecule has 1 heterocycles. The lowest BCUT2D eigenvalue weighted by molar-refractivity contribution is -0.147. The minimum absolute atomic E-state index is 0.369. The average molecular weight is 292 g/mol. The molecule has 0 fully saturated rings. The van der Waals surface area contributed by atoms with E-state index < -0.39 is 30.3 Å². The van der Waals surface area contributed by atoms with E-state index in [-0.39, 0.29) is 0 Å². The molecule has 0 radical (unpaired) electrons. The number of ether oxygens (including phenoxy) is 1. The van der Waals surface area contributed by atoms with Gasteiger partial charge >= 0.3 is 11.9 Å². The number of carbonyl (C=O) groups excluding carboxylic acids is 2. The van der Waals surface area contributed by atoms with Crippen LogP contribution in [0.2, 0.25) is 0 Å². The second kappa shape index (κ2) is 6.25. The molecule has 0 aromatic heterocycles. The van der Waals surface area contributed by atoms with Crippen LogP contribution in [0.25, 0.3) is 0 Å². The largest absolute Gasteiger partial charge is 0.480 e. The Labute approximate surface area is 121 Å². The number of aliphatic carboxylic acids is 1. The molecular formula is C14H16N2O5. The fourth-order valence-corrected chi connectivity index (χ4v) is 2.14. The molecule has 7 heteroatoms. The lowest BCUT2D eigenvalue weighted by Gasteiger charge is -2.13. The Morgan fingerprint density at radius 1 is 1.43 bits per heavy atom. The summed E-state index contributed by atoms with van der Waals surface area (Å²) in [7, 11) is 1.16. The predicted molar refractivity (Wildman–Crippen MR) is 74.2 cm³/mol. The van der Waals surface area contributed by atoms with E-state index in [0.717, 1.165) is 31.3 Å². The number of rotatable bonds is 5. The van der Waals surface area contributed by atoms with Gasteiger partial charge in [0.1, 0.15) is 6.04 Å². The number of amides is 1. The van der Waals surface area contributed by atoms with Gasteiger partial charge in [0.2, 0.25) is 0 Å². The molecule has 1 aliphatic heterocycles. The first-order valence-electron chi connectivity index (χ1n) is 6.48. The Morgan fingerprint density at radius 3 is 2.86 bits per heavy atom. The lowest BCUT2D eigenvalue weighted by Crippen LogP contribution is -2.42. The third-order valence-electron chi connectivity index (χ3n) is 3.28. The number of fused-ring (bicyclic) bond motifs is 1. The number of nitrogens with one attached hydrogen (secondary N) is 2. The first-order valence-corrected chi connectivity index (χ1v) is 6.48. The van der Waals surface area contributed by atoms with Gasteiger partial charge in [-0.05, 0) is 30.2 Å². The highest BCUT2D eigenvalue weighted by molar-refractivity contribution is 5.98. The molecule has 1 atom stereocenters. The molecule has 7 nitrogen and oxygen atoms in total. The summed E-state index contributed by atoms with van der Waals surface area (Å²) in [5, 5.41) is 14.5. The van der Waals surface area contributed by atoms with E-state index in [1.165, 1.54) is 0 Å². The van der Waals surface area contributed by atoms with Crippen LogP contribution < -0.4 is 10.6 Å². The van der Waals surface area contributed by atoms with Crippen molar-refractivity contribution in [1.29, 1.82) is 0 Å². The van der Waals surface area contributed by atoms with E-state index in [1.807, 2.05) is 0 Å². The van der Waals surface area contributed by atoms with Gasteiger partial charge in [-0.25, -0.2) is 4.79 Å². The van der Waals surface area contributed by atoms with Crippen molar-refractivity contribution in [3.8, 4) is 0 Å². The maximum Gasteiger partial charge on any atom is 0.326 e. The summed E-state index contributed by atoms with van der Waals surface area (Å²) in [5.41, 5.74) is 2.37. The van der Waals surface area contributed by atoms with E-state index >= 15 is 0 Å². The summed E-state index contributed by atoms with van der Waals surface area (Å²) in [6.07, 6.45) is 0.408. The number of benzene rings is 1. The van der Waals surface area contributed by atoms with Crippen LogP contribution in [-0.2, 0) is 20.7 Å². The van der Waals surface area contributed by atoms with Gasteiger partial charge < -0.3 is 20.5 Å². The molecule has 0 bridgehead atoms. The summed E-state index contributed by atoms with van der Waals surface area (Å²) in [5.74, 6) is -2.50. The zero-order chi connectivity index (χ0) is 15.4. The SMILES string of the molecule is COC(=O)C[C@H](NC(=O)c1ccc2c(c1)CCN2)C(=O)O. The number of carbonyl (C=O) groups is 3. The summed E-state index contributed by atoms with van der Waals surface area (Å²) < 4.78 is 4.42. The van der Waals surface area contributed by atoms with Crippen LogP contribution in [0.4, 0.5) is 5.69 Å². The van der Waals surface area contributed by atoms with E-state index in [4.69, 9.17) is 5.11 Å². The number of esters is 1. The van der Waals surface area contributed by atoms with Crippen LogP contribution in [-0.4, -0.2) is 42.6 Å². The molecule has 0 aliphatic carbocycles. The third-order valence-corrected chi connectivity index (χ3v) is 3.28. The molecule has 21 heavy (non-hydrogen) atoms. The average Bonchev–Trinajstić information content (AvgIpc) is 2.93. The zero-order valence-electron chi connectivity index (χ0n) is 11.5. The quantitative estimate of drug-likeness (QED) is 0.679. The number of anilines is 1. The second-order valence-corrected chi connectivity index (χ2v) is 4.69. The molecule has 2 rings (SSSR count). The van der Waals surface area contributed by atoms with E-state index in [9.17, 15) is 14.4 Å². The Balaban J connectivity index is 2.08. The molecule has 1 amide bonds. The molecule has 112 valence electrons. The highest BCUT2D eigenvalue weighted by atomic mass is 16.5. The Morgan fingerprint density at radius 2 is 2.19 bits per heavy atom. The van der Waals surface area contributed by atoms with Crippen molar-refractivity contribution in [2.45, 2.75) is 18.9 Å². The monoisotopic (exact) mass is 292 g/mol. The van der Waals surface area contributed by atoms with Crippen LogP contribution >= 0.6 is 0 Å². The van der Waals surface area contributed by atoms with Crippen molar-refractivity contribution in [2.75, 3.05) is 19.0 Å². The standard InChI is InChI=1S/C14H16N2O5/c1-21-12(17)7-11(14(19)20)16-13(18)9-2-3-10-8(6-9)4-5-15-10/h2-3,6,11,15H,4-5,7H2,1H3,(H,16,18)(H,19,20)/t11-/m0/s1. The molecule has 0 saturated heterocycles. The molecule has 1 aliphatic rings. The highest BCUT2D eigenvalue weighted by Crippen LogP contribution is 2.23. The van der Waals surface area contributed by atoms with E-state index in [1.54, 1.807) is 18.2 Å². The first-order chi connectivity index (χ1) is 10.0. The van der Waals surface area contributed by atoms with Crippen LogP contribution in [0, 0.1) is 0 Å². The number of hydrogen-bond acceptors (Lipinski definition) is 5. The minimum atomic E-state index is -1.31. The summed E-state index contributed by atoms with van der Waals surface area (Å²) in [6, 6.07) is 3.81. The highest BCUT2D eigenvalue weighted by Gasteiger charge is 2.24. The van der Waals surface area contributed by atoms with Gasteiger partial charge in [-0.1, -0.05) is 0 Å². The van der Waals surface area contributed by atoms with Gasteiger partial charge in [0, 0.05) is 17.8 Å². The van der Waals surface area contributed by atoms with Crippen LogP contribution in [0.15, 0.2) is 18.2 Å². The molecule has 0 spiro atoms. The maximum absolute atomic E-state index is 12.1. The Hall–Kier alpha value is -2.57. The van der Waals surface area contributed by atoms with Gasteiger partial charge in [0.05, 0.1) is 13.5 Å². The molecule has 3 N–H and O–H groups in total. The van der Waals surface area contributed by atoms with Gasteiger partial charge in [-0.2, -0.15) is 0 Å². The fourth-order valence-electron chi connectivity index (χ4n) is 2.14. The molecular weight excluding hydrogens is 276 g/mol. The zero-order valence-corrected chi connectivity index (χ0v) is 11.5. The topological polar surface area (TPSA) is 105 Å². The van der Waals surface area contributed by atoms with E-state index in [2.05, 4.69) is 15.4 Å². The Bertz CT molecular complexity index is 585. The van der Waals surface area contributed by atoms with Crippen molar-refractivity contribution in [3.05, 3.63) is 29.3 Å². The predicted octanol–water partition coefficient (Wildman–Crippen LogP) is 0.401. The van der Waals surface area contributed by atoms with Crippen LogP contribution in [0.1, 0.15) is 22.3 Å². The number of hydrogen-bond donors (Lipinski definition) is 3. The fraction of sp³-hybridized carbons (Fsp3) is 0.357. The van der Waals surface area contributed by atoms with Gasteiger partial charge in [0.15, 0.2) is 0 Å². The molecule has 0 saturated carbocycles. The number of methoxy groups -OCH3 is 1. The smallest absolute Gasteiger partial charge is 0.326 e. The van der Waals surface area contributed by atoms with Gasteiger partial charge in [-0.3, -0.25) is 9.59 Å². The third kappa shape index (κ3) is 3.50. The first kappa shape index (κ1) is 14.8. The van der Waals surface area contributed by atoms with Crippen molar-refractivity contribution < 1.29 is 24.2 Å². The molecule has 1 aromatic rings. The van der Waals surface area contributed by atoms with Crippen molar-refractivity contribution in [3.63, 3.8) is 0 Å². The van der Waals surface area contributed by atoms with Crippen LogP contribution in [0.3, 0.4) is 0 Å². The number of carboxylic acid groups (broad SMARTS) is 1. The van der Waals surface area contributed by atoms with Gasteiger partial charge in [0.25, 0.3) is 5.91 Å². The van der Waals surface area contributed by atoms with Crippen LogP contribution in [0.5, 0.6) is 0 Å². The van der Waals surface area contributed by atoms with Crippen molar-refractivity contribution >= 4 is 23.5 Å². The van der Waals surface area contributed by atoms with E-state index in [0.29, 0.717) is 5.56 Å². The second-order valence-electron chi connectivity index (χ2n) is 4.69. The Kier molecular flexibility index (Phi) is 4.42.